The molecule has 0 radical (unpaired) electrons. The van der Waals surface area contributed by atoms with E-state index in [1.54, 1.807) is 12.1 Å². The monoisotopic (exact) mass is 246 g/mol. The molecule has 2 aromatic rings. The Hall–Kier alpha value is -1.61. The molecule has 1 N–H and O–H groups in total. The smallest absolute Gasteiger partial charge is 0.123 e. The number of rotatable bonds is 5. The Labute approximate surface area is 107 Å². The highest BCUT2D eigenvalue weighted by Crippen LogP contribution is 2.20. The molecular formula is C15H19FN2. The zero-order chi connectivity index (χ0) is 13.1. The summed E-state index contributed by atoms with van der Waals surface area (Å²) in [4.78, 5) is 5.40. The van der Waals surface area contributed by atoms with E-state index in [-0.39, 0.29) is 5.82 Å². The Morgan fingerprint density at radius 3 is 3.00 bits per heavy atom. The summed E-state index contributed by atoms with van der Waals surface area (Å²) in [6.07, 6.45) is 4.80. The minimum atomic E-state index is -0.184. The van der Waals surface area contributed by atoms with Crippen molar-refractivity contribution in [1.29, 1.82) is 0 Å². The fourth-order valence-corrected chi connectivity index (χ4v) is 2.04. The van der Waals surface area contributed by atoms with Crippen molar-refractivity contribution < 1.29 is 4.39 Å². The van der Waals surface area contributed by atoms with Crippen molar-refractivity contribution >= 4 is 10.9 Å². The number of nitrogens with one attached hydrogen (secondary N) is 1. The lowest BCUT2D eigenvalue weighted by atomic mass is 10.1. The first kappa shape index (κ1) is 12.8. The minimum absolute atomic E-state index is 0.184. The quantitative estimate of drug-likeness (QED) is 0.801. The van der Waals surface area contributed by atoms with Crippen LogP contribution in [0.25, 0.3) is 10.9 Å². The van der Waals surface area contributed by atoms with E-state index >= 15 is 0 Å². The van der Waals surface area contributed by atoms with E-state index < -0.39 is 0 Å². The van der Waals surface area contributed by atoms with Gasteiger partial charge in [-0.1, -0.05) is 6.08 Å². The van der Waals surface area contributed by atoms with Crippen molar-refractivity contribution in [3.05, 3.63) is 48.4 Å². The molecule has 2 rings (SSSR count). The summed E-state index contributed by atoms with van der Waals surface area (Å²) in [5.74, 6) is -0.184. The van der Waals surface area contributed by atoms with Crippen LogP contribution >= 0.6 is 0 Å². The van der Waals surface area contributed by atoms with Crippen molar-refractivity contribution in [1.82, 2.24) is 9.88 Å². The van der Waals surface area contributed by atoms with Gasteiger partial charge in [0.1, 0.15) is 5.82 Å². The Bertz CT molecular complexity index is 544. The Kier molecular flexibility index (Phi) is 3.82. The van der Waals surface area contributed by atoms with Gasteiger partial charge in [-0.25, -0.2) is 4.39 Å². The number of likely N-dealkylation sites (N-methyl/N-ethyl adjacent to an activating group) is 1. The van der Waals surface area contributed by atoms with Crippen molar-refractivity contribution in [2.75, 3.05) is 13.6 Å². The number of hydrogen-bond donors (Lipinski definition) is 1. The molecule has 0 aliphatic carbocycles. The van der Waals surface area contributed by atoms with Crippen LogP contribution < -0.4 is 0 Å². The van der Waals surface area contributed by atoms with Crippen LogP contribution in [-0.2, 0) is 6.42 Å². The average Bonchev–Trinajstić information content (AvgIpc) is 2.77. The predicted molar refractivity (Wildman–Crippen MR) is 74.2 cm³/mol. The lowest BCUT2D eigenvalue weighted by molar-refractivity contribution is 0.301. The second-order valence-electron chi connectivity index (χ2n) is 4.71. The molecule has 96 valence electrons. The average molecular weight is 246 g/mol. The van der Waals surface area contributed by atoms with E-state index in [1.165, 1.54) is 6.07 Å². The van der Waals surface area contributed by atoms with Gasteiger partial charge in [-0.05, 0) is 44.2 Å². The zero-order valence-corrected chi connectivity index (χ0v) is 10.9. The molecule has 1 atom stereocenters. The van der Waals surface area contributed by atoms with Crippen LogP contribution in [0.2, 0.25) is 0 Å². The Morgan fingerprint density at radius 1 is 1.50 bits per heavy atom. The molecule has 0 aliphatic heterocycles. The van der Waals surface area contributed by atoms with Gasteiger partial charge in [0.15, 0.2) is 0 Å². The third kappa shape index (κ3) is 2.62. The van der Waals surface area contributed by atoms with Crippen LogP contribution in [0.5, 0.6) is 0 Å². The lowest BCUT2D eigenvalue weighted by Crippen LogP contribution is -2.29. The van der Waals surface area contributed by atoms with E-state index in [1.807, 2.05) is 12.3 Å². The molecule has 3 heteroatoms. The van der Waals surface area contributed by atoms with Gasteiger partial charge in [-0.15, -0.1) is 6.58 Å². The number of aromatic nitrogens is 1. The second kappa shape index (κ2) is 5.36. The maximum atomic E-state index is 13.2. The number of nitrogens with zero attached hydrogens (tertiary/aromatic N) is 1. The van der Waals surface area contributed by atoms with Gasteiger partial charge < -0.3 is 4.98 Å². The molecule has 0 aliphatic rings. The van der Waals surface area contributed by atoms with E-state index in [9.17, 15) is 4.39 Å². The van der Waals surface area contributed by atoms with E-state index in [2.05, 4.69) is 30.4 Å². The molecule has 2 nitrogen and oxygen atoms in total. The van der Waals surface area contributed by atoms with E-state index in [0.717, 1.165) is 29.4 Å². The Morgan fingerprint density at radius 2 is 2.28 bits per heavy atom. The van der Waals surface area contributed by atoms with Gasteiger partial charge in [0, 0.05) is 29.7 Å². The fraction of sp³-hybridized carbons (Fsp3) is 0.333. The minimum Gasteiger partial charge on any atom is -0.361 e. The van der Waals surface area contributed by atoms with Crippen LogP contribution in [0.15, 0.2) is 37.1 Å². The van der Waals surface area contributed by atoms with Crippen LogP contribution in [-0.4, -0.2) is 29.5 Å². The number of aromatic amines is 1. The van der Waals surface area contributed by atoms with Gasteiger partial charge in [0.05, 0.1) is 0 Å². The van der Waals surface area contributed by atoms with Gasteiger partial charge >= 0.3 is 0 Å². The highest BCUT2D eigenvalue weighted by atomic mass is 19.1. The first-order valence-electron chi connectivity index (χ1n) is 6.20. The van der Waals surface area contributed by atoms with Gasteiger partial charge in [0.2, 0.25) is 0 Å². The van der Waals surface area contributed by atoms with Crippen molar-refractivity contribution in [3.8, 4) is 0 Å². The van der Waals surface area contributed by atoms with Crippen molar-refractivity contribution in [3.63, 3.8) is 0 Å². The van der Waals surface area contributed by atoms with Gasteiger partial charge in [0.25, 0.3) is 0 Å². The summed E-state index contributed by atoms with van der Waals surface area (Å²) in [6.45, 7) is 6.83. The highest BCUT2D eigenvalue weighted by Gasteiger charge is 2.08. The number of benzene rings is 1. The second-order valence-corrected chi connectivity index (χ2v) is 4.71. The molecular weight excluding hydrogens is 227 g/mol. The molecule has 1 heterocycles. The molecule has 0 saturated carbocycles. The van der Waals surface area contributed by atoms with E-state index in [0.29, 0.717) is 6.04 Å². The summed E-state index contributed by atoms with van der Waals surface area (Å²) < 4.78 is 13.2. The molecule has 0 amide bonds. The van der Waals surface area contributed by atoms with Crippen LogP contribution in [0.1, 0.15) is 12.5 Å². The number of halogens is 1. The SMILES string of the molecule is C=CC(C)N(C)CCc1c[nH]c2ccc(F)cc12. The normalized spacial score (nSPS) is 13.1. The van der Waals surface area contributed by atoms with Gasteiger partial charge in [-0.3, -0.25) is 4.90 Å². The predicted octanol–water partition coefficient (Wildman–Crippen LogP) is 3.36. The van der Waals surface area contributed by atoms with Gasteiger partial charge in [-0.2, -0.15) is 0 Å². The highest BCUT2D eigenvalue weighted by molar-refractivity contribution is 5.83. The number of hydrogen-bond acceptors (Lipinski definition) is 1. The molecule has 0 saturated heterocycles. The topological polar surface area (TPSA) is 19.0 Å². The maximum Gasteiger partial charge on any atom is 0.123 e. The first-order chi connectivity index (χ1) is 8.61. The van der Waals surface area contributed by atoms with Crippen LogP contribution in [0.3, 0.4) is 0 Å². The molecule has 1 aromatic heterocycles. The van der Waals surface area contributed by atoms with Crippen LogP contribution in [0, 0.1) is 5.82 Å². The summed E-state index contributed by atoms with van der Waals surface area (Å²) in [6, 6.07) is 5.21. The van der Waals surface area contributed by atoms with Crippen molar-refractivity contribution in [2.45, 2.75) is 19.4 Å². The molecule has 0 bridgehead atoms. The third-order valence-electron chi connectivity index (χ3n) is 3.50. The number of H-pyrrole nitrogens is 1. The first-order valence-corrected chi connectivity index (χ1v) is 6.20. The van der Waals surface area contributed by atoms with E-state index in [4.69, 9.17) is 0 Å². The molecule has 1 unspecified atom stereocenters. The fourth-order valence-electron chi connectivity index (χ4n) is 2.04. The summed E-state index contributed by atoms with van der Waals surface area (Å²) in [5.41, 5.74) is 2.15. The summed E-state index contributed by atoms with van der Waals surface area (Å²) >= 11 is 0. The largest absolute Gasteiger partial charge is 0.361 e. The molecule has 0 spiro atoms. The summed E-state index contributed by atoms with van der Waals surface area (Å²) in [5, 5.41) is 0.981. The van der Waals surface area contributed by atoms with Crippen molar-refractivity contribution in [2.24, 2.45) is 0 Å². The van der Waals surface area contributed by atoms with Crippen LogP contribution in [0.4, 0.5) is 4.39 Å². The maximum absolute atomic E-state index is 13.2. The molecule has 18 heavy (non-hydrogen) atoms. The molecule has 1 aromatic carbocycles. The lowest BCUT2D eigenvalue weighted by Gasteiger charge is -2.21. The summed E-state index contributed by atoms with van der Waals surface area (Å²) in [7, 11) is 2.07. The molecule has 0 fully saturated rings. The number of fused-ring (bicyclic) bond motifs is 1. The third-order valence-corrected chi connectivity index (χ3v) is 3.50. The Balaban J connectivity index is 2.12. The standard InChI is InChI=1S/C15H19FN2/c1-4-11(2)18(3)8-7-12-10-17-15-6-5-13(16)9-14(12)15/h4-6,9-11,17H,1,7-8H2,2-3H3. The zero-order valence-electron chi connectivity index (χ0n) is 10.9.